The van der Waals surface area contributed by atoms with Crippen molar-refractivity contribution in [1.82, 2.24) is 15.1 Å². The van der Waals surface area contributed by atoms with Crippen molar-refractivity contribution in [3.8, 4) is 0 Å². The molecule has 4 nitrogen and oxygen atoms in total. The second kappa shape index (κ2) is 6.95. The predicted molar refractivity (Wildman–Crippen MR) is 86.7 cm³/mol. The summed E-state index contributed by atoms with van der Waals surface area (Å²) in [6.45, 7) is 10.3. The fraction of sp³-hybridized carbons (Fsp3) is 1.00. The molecular formula is C17H33N3O. The standard InChI is InChI=1S/C17H33N3O/c1-3-16-11-20(9-8-19(16)2)13-17(7-4-10-21-14-17)12-18-15-5-6-15/h15-16,18H,3-14H2,1-2H3. The van der Waals surface area contributed by atoms with E-state index >= 15 is 0 Å². The van der Waals surface area contributed by atoms with Crippen LogP contribution in [0.25, 0.3) is 0 Å². The van der Waals surface area contributed by atoms with Gasteiger partial charge in [-0.05, 0) is 39.2 Å². The topological polar surface area (TPSA) is 27.7 Å². The van der Waals surface area contributed by atoms with Gasteiger partial charge in [-0.1, -0.05) is 6.92 Å². The van der Waals surface area contributed by atoms with Crippen molar-refractivity contribution in [2.45, 2.75) is 51.1 Å². The van der Waals surface area contributed by atoms with Crippen molar-refractivity contribution in [2.24, 2.45) is 5.41 Å². The maximum absolute atomic E-state index is 5.88. The lowest BCUT2D eigenvalue weighted by atomic mass is 9.81. The summed E-state index contributed by atoms with van der Waals surface area (Å²) >= 11 is 0. The summed E-state index contributed by atoms with van der Waals surface area (Å²) < 4.78 is 5.88. The van der Waals surface area contributed by atoms with E-state index in [1.807, 2.05) is 0 Å². The van der Waals surface area contributed by atoms with Gasteiger partial charge in [0.25, 0.3) is 0 Å². The maximum Gasteiger partial charge on any atom is 0.0546 e. The molecule has 0 amide bonds. The van der Waals surface area contributed by atoms with Crippen LogP contribution in [0.4, 0.5) is 0 Å². The second-order valence-electron chi connectivity index (χ2n) is 7.59. The molecule has 122 valence electrons. The predicted octanol–water partition coefficient (Wildman–Crippen LogP) is 1.56. The number of rotatable bonds is 6. The molecule has 21 heavy (non-hydrogen) atoms. The second-order valence-corrected chi connectivity index (χ2v) is 7.59. The Kier molecular flexibility index (Phi) is 5.20. The molecule has 0 bridgehead atoms. The third kappa shape index (κ3) is 4.19. The molecule has 0 aromatic carbocycles. The summed E-state index contributed by atoms with van der Waals surface area (Å²) in [5.74, 6) is 0. The Balaban J connectivity index is 1.57. The molecule has 2 heterocycles. The number of hydrogen-bond acceptors (Lipinski definition) is 4. The van der Waals surface area contributed by atoms with E-state index in [4.69, 9.17) is 4.74 Å². The summed E-state index contributed by atoms with van der Waals surface area (Å²) in [4.78, 5) is 5.24. The third-order valence-electron chi connectivity index (χ3n) is 5.64. The van der Waals surface area contributed by atoms with E-state index in [0.29, 0.717) is 5.41 Å². The van der Waals surface area contributed by atoms with E-state index in [2.05, 4.69) is 29.1 Å². The zero-order valence-electron chi connectivity index (χ0n) is 13.9. The molecule has 1 aliphatic carbocycles. The van der Waals surface area contributed by atoms with Crippen LogP contribution in [-0.2, 0) is 4.74 Å². The average molecular weight is 295 g/mol. The highest BCUT2D eigenvalue weighted by molar-refractivity contribution is 4.92. The number of piperazine rings is 1. The van der Waals surface area contributed by atoms with Gasteiger partial charge in [0, 0.05) is 56.8 Å². The van der Waals surface area contributed by atoms with Gasteiger partial charge in [-0.25, -0.2) is 0 Å². The molecule has 0 spiro atoms. The first kappa shape index (κ1) is 15.7. The number of likely N-dealkylation sites (N-methyl/N-ethyl adjacent to an activating group) is 1. The van der Waals surface area contributed by atoms with E-state index in [-0.39, 0.29) is 0 Å². The van der Waals surface area contributed by atoms with E-state index < -0.39 is 0 Å². The minimum absolute atomic E-state index is 0.356. The van der Waals surface area contributed by atoms with Crippen molar-refractivity contribution in [1.29, 1.82) is 0 Å². The molecule has 3 aliphatic rings. The lowest BCUT2D eigenvalue weighted by molar-refractivity contribution is -0.0375. The number of nitrogens with one attached hydrogen (secondary N) is 1. The summed E-state index contributed by atoms with van der Waals surface area (Å²) in [7, 11) is 2.28. The van der Waals surface area contributed by atoms with E-state index in [1.54, 1.807) is 0 Å². The highest BCUT2D eigenvalue weighted by Gasteiger charge is 2.37. The van der Waals surface area contributed by atoms with Crippen LogP contribution in [-0.4, -0.2) is 74.9 Å². The quantitative estimate of drug-likeness (QED) is 0.805. The molecule has 4 heteroatoms. The lowest BCUT2D eigenvalue weighted by Crippen LogP contribution is -2.56. The van der Waals surface area contributed by atoms with Gasteiger partial charge in [0.2, 0.25) is 0 Å². The van der Waals surface area contributed by atoms with E-state index in [0.717, 1.165) is 31.8 Å². The van der Waals surface area contributed by atoms with Crippen LogP contribution >= 0.6 is 0 Å². The Morgan fingerprint density at radius 3 is 2.81 bits per heavy atom. The Morgan fingerprint density at radius 1 is 1.29 bits per heavy atom. The number of ether oxygens (including phenoxy) is 1. The Labute approximate surface area is 130 Å². The number of nitrogens with zero attached hydrogens (tertiary/aromatic N) is 2. The van der Waals surface area contributed by atoms with Crippen LogP contribution < -0.4 is 5.32 Å². The summed E-state index contributed by atoms with van der Waals surface area (Å²) in [5.41, 5.74) is 0.356. The van der Waals surface area contributed by atoms with Gasteiger partial charge in [-0.3, -0.25) is 4.90 Å². The van der Waals surface area contributed by atoms with Crippen LogP contribution in [0, 0.1) is 5.41 Å². The summed E-state index contributed by atoms with van der Waals surface area (Å²) in [6, 6.07) is 1.54. The molecule has 0 aromatic rings. The molecule has 2 atom stereocenters. The normalized spacial score (nSPS) is 36.0. The Bertz CT molecular complexity index is 326. The van der Waals surface area contributed by atoms with Gasteiger partial charge in [0.15, 0.2) is 0 Å². The van der Waals surface area contributed by atoms with Crippen LogP contribution in [0.15, 0.2) is 0 Å². The number of hydrogen-bond donors (Lipinski definition) is 1. The lowest BCUT2D eigenvalue weighted by Gasteiger charge is -2.45. The largest absolute Gasteiger partial charge is 0.381 e. The minimum atomic E-state index is 0.356. The first-order valence-corrected chi connectivity index (χ1v) is 8.94. The van der Waals surface area contributed by atoms with Crippen LogP contribution in [0.1, 0.15) is 39.0 Å². The van der Waals surface area contributed by atoms with E-state index in [9.17, 15) is 0 Å². The monoisotopic (exact) mass is 295 g/mol. The SMILES string of the molecule is CCC1CN(CC2(CNC3CC3)CCCOC2)CCN1C. The van der Waals surface area contributed by atoms with Crippen molar-refractivity contribution in [3.05, 3.63) is 0 Å². The molecule has 3 rings (SSSR count). The molecule has 2 unspecified atom stereocenters. The summed E-state index contributed by atoms with van der Waals surface area (Å²) in [6.07, 6.45) is 6.58. The van der Waals surface area contributed by atoms with Crippen LogP contribution in [0.3, 0.4) is 0 Å². The molecule has 1 N–H and O–H groups in total. The minimum Gasteiger partial charge on any atom is -0.381 e. The molecule has 0 radical (unpaired) electrons. The molecule has 3 fully saturated rings. The van der Waals surface area contributed by atoms with Crippen molar-refractivity contribution in [3.63, 3.8) is 0 Å². The van der Waals surface area contributed by atoms with Gasteiger partial charge in [0.1, 0.15) is 0 Å². The fourth-order valence-corrected chi connectivity index (χ4v) is 3.95. The zero-order valence-corrected chi connectivity index (χ0v) is 13.9. The average Bonchev–Trinajstić information content (AvgIpc) is 3.33. The molecule has 0 aromatic heterocycles. The molecule has 1 saturated carbocycles. The fourth-order valence-electron chi connectivity index (χ4n) is 3.95. The van der Waals surface area contributed by atoms with Crippen molar-refractivity contribution in [2.75, 3.05) is 53.0 Å². The smallest absolute Gasteiger partial charge is 0.0546 e. The zero-order chi connectivity index (χ0) is 14.7. The van der Waals surface area contributed by atoms with Gasteiger partial charge in [-0.2, -0.15) is 0 Å². The maximum atomic E-state index is 5.88. The first-order valence-electron chi connectivity index (χ1n) is 8.94. The molecule has 2 aliphatic heterocycles. The highest BCUT2D eigenvalue weighted by Crippen LogP contribution is 2.31. The van der Waals surface area contributed by atoms with Gasteiger partial charge in [0.05, 0.1) is 6.61 Å². The Hall–Kier alpha value is -0.160. The first-order chi connectivity index (χ1) is 10.2. The highest BCUT2D eigenvalue weighted by atomic mass is 16.5. The molecular weight excluding hydrogens is 262 g/mol. The van der Waals surface area contributed by atoms with Gasteiger partial charge >= 0.3 is 0 Å². The van der Waals surface area contributed by atoms with E-state index in [1.165, 1.54) is 58.3 Å². The van der Waals surface area contributed by atoms with Crippen molar-refractivity contribution >= 4 is 0 Å². The Morgan fingerprint density at radius 2 is 2.14 bits per heavy atom. The van der Waals surface area contributed by atoms with Gasteiger partial charge < -0.3 is 15.0 Å². The van der Waals surface area contributed by atoms with Gasteiger partial charge in [-0.15, -0.1) is 0 Å². The van der Waals surface area contributed by atoms with Crippen LogP contribution in [0.2, 0.25) is 0 Å². The van der Waals surface area contributed by atoms with Crippen LogP contribution in [0.5, 0.6) is 0 Å². The van der Waals surface area contributed by atoms with Crippen molar-refractivity contribution < 1.29 is 4.74 Å². The third-order valence-corrected chi connectivity index (χ3v) is 5.64. The summed E-state index contributed by atoms with van der Waals surface area (Å²) in [5, 5.41) is 3.77. The molecule has 2 saturated heterocycles.